The molecule has 0 saturated carbocycles. The van der Waals surface area contributed by atoms with Gasteiger partial charge in [0.05, 0.1) is 10.0 Å². The van der Waals surface area contributed by atoms with E-state index in [-0.39, 0.29) is 5.91 Å². The van der Waals surface area contributed by atoms with Crippen molar-refractivity contribution in [2.24, 2.45) is 0 Å². The lowest BCUT2D eigenvalue weighted by atomic mass is 10.1. The van der Waals surface area contributed by atoms with Crippen molar-refractivity contribution in [3.63, 3.8) is 0 Å². The van der Waals surface area contributed by atoms with Gasteiger partial charge in [0.25, 0.3) is 5.91 Å². The number of rotatable bonds is 5. The number of para-hydroxylation sites is 1. The summed E-state index contributed by atoms with van der Waals surface area (Å²) in [6, 6.07) is 14.0. The van der Waals surface area contributed by atoms with E-state index in [0.717, 1.165) is 11.0 Å². The lowest BCUT2D eigenvalue weighted by Gasteiger charge is -2.09. The van der Waals surface area contributed by atoms with Crippen LogP contribution in [0.5, 0.6) is 0 Å². The predicted octanol–water partition coefficient (Wildman–Crippen LogP) is 4.59. The quantitative estimate of drug-likeness (QED) is 0.696. The Morgan fingerprint density at radius 3 is 2.67 bits per heavy atom. The normalized spacial score (nSPS) is 12.3. The Morgan fingerprint density at radius 2 is 1.92 bits per heavy atom. The molecule has 2 aromatic carbocycles. The van der Waals surface area contributed by atoms with Crippen molar-refractivity contribution in [2.45, 2.75) is 12.5 Å². The summed E-state index contributed by atoms with van der Waals surface area (Å²) >= 11 is 11.7. The summed E-state index contributed by atoms with van der Waals surface area (Å²) in [7, 11) is 0. The van der Waals surface area contributed by atoms with Crippen molar-refractivity contribution in [1.29, 1.82) is 0 Å². The van der Waals surface area contributed by atoms with Crippen molar-refractivity contribution in [3.05, 3.63) is 69.9 Å². The molecule has 0 aliphatic heterocycles. The third-order valence-corrected chi connectivity index (χ3v) is 4.40. The van der Waals surface area contributed by atoms with Crippen LogP contribution < -0.4 is 5.32 Å². The van der Waals surface area contributed by atoms with E-state index in [0.29, 0.717) is 34.3 Å². The van der Waals surface area contributed by atoms with E-state index in [9.17, 15) is 9.90 Å². The highest BCUT2D eigenvalue weighted by atomic mass is 35.5. The standard InChI is InChI=1S/C18H15Cl2NO3/c19-13-6-5-12(9-14(13)20)18(23)21-8-7-15(22)17-10-11-3-1-2-4-16(11)24-17/h1-6,9-10,15,22H,7-8H2,(H,21,23)/t15-/m1/s1. The highest BCUT2D eigenvalue weighted by Gasteiger charge is 2.14. The molecule has 0 unspecified atom stereocenters. The third kappa shape index (κ3) is 3.73. The van der Waals surface area contributed by atoms with Crippen LogP contribution in [0.2, 0.25) is 10.0 Å². The Balaban J connectivity index is 1.57. The predicted molar refractivity (Wildman–Crippen MR) is 94.6 cm³/mol. The molecule has 4 nitrogen and oxygen atoms in total. The van der Waals surface area contributed by atoms with Crippen LogP contribution in [0.15, 0.2) is 52.9 Å². The molecule has 1 amide bonds. The number of halogens is 2. The van der Waals surface area contributed by atoms with Crippen molar-refractivity contribution in [3.8, 4) is 0 Å². The van der Waals surface area contributed by atoms with Gasteiger partial charge in [-0.3, -0.25) is 4.79 Å². The third-order valence-electron chi connectivity index (χ3n) is 3.66. The van der Waals surface area contributed by atoms with Crippen molar-refractivity contribution in [2.75, 3.05) is 6.54 Å². The minimum Gasteiger partial charge on any atom is -0.458 e. The number of furan rings is 1. The molecule has 1 atom stereocenters. The fourth-order valence-corrected chi connectivity index (χ4v) is 2.67. The lowest BCUT2D eigenvalue weighted by molar-refractivity contribution is 0.0936. The average molecular weight is 364 g/mol. The summed E-state index contributed by atoms with van der Waals surface area (Å²) in [6.07, 6.45) is -0.445. The van der Waals surface area contributed by atoms with Crippen LogP contribution in [0.1, 0.15) is 28.6 Å². The van der Waals surface area contributed by atoms with Crippen LogP contribution in [-0.2, 0) is 0 Å². The van der Waals surface area contributed by atoms with Crippen LogP contribution in [0.25, 0.3) is 11.0 Å². The van der Waals surface area contributed by atoms with Gasteiger partial charge in [-0.1, -0.05) is 41.4 Å². The number of fused-ring (bicyclic) bond motifs is 1. The first-order chi connectivity index (χ1) is 11.5. The van der Waals surface area contributed by atoms with E-state index < -0.39 is 6.10 Å². The van der Waals surface area contributed by atoms with Gasteiger partial charge in [0.15, 0.2) is 0 Å². The molecule has 0 spiro atoms. The zero-order valence-electron chi connectivity index (χ0n) is 12.6. The SMILES string of the molecule is O=C(NCC[C@@H](O)c1cc2ccccc2o1)c1ccc(Cl)c(Cl)c1. The van der Waals surface area contributed by atoms with Crippen molar-refractivity contribution < 1.29 is 14.3 Å². The minimum absolute atomic E-state index is 0.273. The maximum Gasteiger partial charge on any atom is 0.251 e. The van der Waals surface area contributed by atoms with Crippen LogP contribution in [-0.4, -0.2) is 17.6 Å². The van der Waals surface area contributed by atoms with E-state index in [1.54, 1.807) is 18.2 Å². The zero-order valence-corrected chi connectivity index (χ0v) is 14.1. The number of aliphatic hydroxyl groups excluding tert-OH is 1. The molecule has 1 aromatic heterocycles. The van der Waals surface area contributed by atoms with Gasteiger partial charge in [0.2, 0.25) is 0 Å². The topological polar surface area (TPSA) is 62.5 Å². The molecule has 0 aliphatic rings. The molecule has 3 aromatic rings. The van der Waals surface area contributed by atoms with Crippen LogP contribution in [0.4, 0.5) is 0 Å². The van der Waals surface area contributed by atoms with Crippen LogP contribution in [0.3, 0.4) is 0 Å². The fraction of sp³-hybridized carbons (Fsp3) is 0.167. The summed E-state index contributed by atoms with van der Waals surface area (Å²) in [4.78, 5) is 12.0. The monoisotopic (exact) mass is 363 g/mol. The molecular formula is C18H15Cl2NO3. The van der Waals surface area contributed by atoms with E-state index >= 15 is 0 Å². The number of aliphatic hydroxyl groups is 1. The Hall–Kier alpha value is -2.01. The molecule has 0 aliphatic carbocycles. The largest absolute Gasteiger partial charge is 0.458 e. The first-order valence-electron chi connectivity index (χ1n) is 7.44. The fourth-order valence-electron chi connectivity index (χ4n) is 2.37. The Bertz CT molecular complexity index is 843. The molecule has 0 saturated heterocycles. The average Bonchev–Trinajstić information content (AvgIpc) is 3.01. The molecule has 24 heavy (non-hydrogen) atoms. The number of carbonyl (C=O) groups excluding carboxylic acids is 1. The van der Waals surface area contributed by atoms with Gasteiger partial charge in [-0.25, -0.2) is 0 Å². The highest BCUT2D eigenvalue weighted by molar-refractivity contribution is 6.42. The van der Waals surface area contributed by atoms with Crippen molar-refractivity contribution >= 4 is 40.1 Å². The number of nitrogens with one attached hydrogen (secondary N) is 1. The number of benzene rings is 2. The molecule has 0 radical (unpaired) electrons. The second kappa shape index (κ2) is 7.26. The molecule has 0 bridgehead atoms. The first-order valence-corrected chi connectivity index (χ1v) is 8.20. The number of carbonyl (C=O) groups is 1. The van der Waals surface area contributed by atoms with Crippen molar-refractivity contribution in [1.82, 2.24) is 5.32 Å². The van der Waals surface area contributed by atoms with Gasteiger partial charge in [0, 0.05) is 17.5 Å². The number of hydrogen-bond acceptors (Lipinski definition) is 3. The summed E-state index contributed by atoms with van der Waals surface area (Å²) in [5.41, 5.74) is 1.15. The summed E-state index contributed by atoms with van der Waals surface area (Å²) in [6.45, 7) is 0.303. The second-order valence-corrected chi connectivity index (χ2v) is 6.19. The lowest BCUT2D eigenvalue weighted by Crippen LogP contribution is -2.25. The van der Waals surface area contributed by atoms with E-state index in [2.05, 4.69) is 5.32 Å². The molecule has 124 valence electrons. The number of amides is 1. The van der Waals surface area contributed by atoms with Crippen LogP contribution >= 0.6 is 23.2 Å². The number of hydrogen-bond donors (Lipinski definition) is 2. The second-order valence-electron chi connectivity index (χ2n) is 5.38. The molecule has 6 heteroatoms. The Labute approximate surface area is 149 Å². The van der Waals surface area contributed by atoms with Gasteiger partial charge in [0.1, 0.15) is 17.4 Å². The first kappa shape index (κ1) is 16.8. The smallest absolute Gasteiger partial charge is 0.251 e. The van der Waals surface area contributed by atoms with Gasteiger partial charge in [-0.2, -0.15) is 0 Å². The van der Waals surface area contributed by atoms with Gasteiger partial charge < -0.3 is 14.8 Å². The molecule has 3 rings (SSSR count). The Morgan fingerprint density at radius 1 is 1.12 bits per heavy atom. The molecular weight excluding hydrogens is 349 g/mol. The minimum atomic E-state index is -0.786. The van der Waals surface area contributed by atoms with E-state index in [4.69, 9.17) is 27.6 Å². The summed E-state index contributed by atoms with van der Waals surface area (Å²) < 4.78 is 5.61. The highest BCUT2D eigenvalue weighted by Crippen LogP contribution is 2.25. The maximum absolute atomic E-state index is 12.0. The molecule has 0 fully saturated rings. The summed E-state index contributed by atoms with van der Waals surface area (Å²) in [5.74, 6) is 0.213. The van der Waals surface area contributed by atoms with Gasteiger partial charge in [-0.15, -0.1) is 0 Å². The van der Waals surface area contributed by atoms with Crippen LogP contribution in [0, 0.1) is 0 Å². The van der Waals surface area contributed by atoms with E-state index in [1.807, 2.05) is 24.3 Å². The Kier molecular flexibility index (Phi) is 5.09. The van der Waals surface area contributed by atoms with Gasteiger partial charge >= 0.3 is 0 Å². The molecule has 1 heterocycles. The van der Waals surface area contributed by atoms with Gasteiger partial charge in [-0.05, 0) is 36.8 Å². The summed E-state index contributed by atoms with van der Waals surface area (Å²) in [5, 5.41) is 14.6. The zero-order chi connectivity index (χ0) is 17.1. The molecule has 2 N–H and O–H groups in total. The van der Waals surface area contributed by atoms with E-state index in [1.165, 1.54) is 6.07 Å². The maximum atomic E-state index is 12.0.